The minimum atomic E-state index is -3.23. The molecule has 0 bridgehead atoms. The molecule has 1 N–H and O–H groups in total. The molecule has 0 radical (unpaired) electrons. The second-order valence-electron chi connectivity index (χ2n) is 11.7. The fourth-order valence-electron chi connectivity index (χ4n) is 6.34. The van der Waals surface area contributed by atoms with E-state index in [0.717, 1.165) is 75.8 Å². The third-order valence-corrected chi connectivity index (χ3v) is 10.1. The summed E-state index contributed by atoms with van der Waals surface area (Å²) in [5, 5.41) is 3.32. The first-order valence-electron chi connectivity index (χ1n) is 14.5. The Morgan fingerprint density at radius 3 is 2.27 bits per heavy atom. The zero-order valence-corrected chi connectivity index (χ0v) is 25.4. The largest absolute Gasteiger partial charge is 0.381 e. The summed E-state index contributed by atoms with van der Waals surface area (Å²) in [7, 11) is -3.23. The summed E-state index contributed by atoms with van der Waals surface area (Å²) in [5.41, 5.74) is 1.78. The standard InChI is InChI=1S/C31H41N3O5S.ClH/c1-40(37,38)27-9-7-24(8-10-27)23-34-20-16-31(30(34)36)14-18-33(19-15-31)17-11-28(25-5-3-2-4-6-25)32-29(35)26-12-21-39-22-13-26;/h2-10,26,28H,11-23H2,1H3,(H,32,35);1H/t28-;/m0./s1. The second kappa shape index (κ2) is 13.7. The maximum absolute atomic E-state index is 13.5. The van der Waals surface area contributed by atoms with Gasteiger partial charge in [0, 0.05) is 45.0 Å². The molecule has 10 heteroatoms. The number of carbonyl (C=O) groups is 2. The highest BCUT2D eigenvalue weighted by atomic mass is 35.5. The minimum absolute atomic E-state index is 0. The fourth-order valence-corrected chi connectivity index (χ4v) is 6.97. The van der Waals surface area contributed by atoms with E-state index in [1.807, 2.05) is 23.1 Å². The predicted octanol–water partition coefficient (Wildman–Crippen LogP) is 4.00. The number of ether oxygens (including phenoxy) is 1. The number of sulfone groups is 1. The summed E-state index contributed by atoms with van der Waals surface area (Å²) >= 11 is 0. The van der Waals surface area contributed by atoms with Gasteiger partial charge in [0.2, 0.25) is 11.8 Å². The minimum Gasteiger partial charge on any atom is -0.381 e. The summed E-state index contributed by atoms with van der Waals surface area (Å²) in [6.45, 7) is 5.16. The lowest BCUT2D eigenvalue weighted by Crippen LogP contribution is -2.45. The number of benzene rings is 2. The summed E-state index contributed by atoms with van der Waals surface area (Å²) in [6, 6.07) is 17.0. The van der Waals surface area contributed by atoms with E-state index in [4.69, 9.17) is 4.74 Å². The van der Waals surface area contributed by atoms with E-state index < -0.39 is 9.84 Å². The van der Waals surface area contributed by atoms with Crippen LogP contribution in [0.2, 0.25) is 0 Å². The number of carbonyl (C=O) groups excluding carboxylic acids is 2. The molecule has 3 saturated heterocycles. The van der Waals surface area contributed by atoms with Gasteiger partial charge in [0.1, 0.15) is 0 Å². The fraction of sp³-hybridized carbons (Fsp3) is 0.548. The molecule has 3 fully saturated rings. The smallest absolute Gasteiger partial charge is 0.229 e. The molecule has 0 unspecified atom stereocenters. The van der Waals surface area contributed by atoms with Crippen molar-refractivity contribution in [3.8, 4) is 0 Å². The molecule has 2 aromatic rings. The van der Waals surface area contributed by atoms with Crippen LogP contribution < -0.4 is 5.32 Å². The molecule has 1 atom stereocenters. The van der Waals surface area contributed by atoms with Crippen molar-refractivity contribution in [2.45, 2.75) is 56.0 Å². The zero-order valence-electron chi connectivity index (χ0n) is 23.8. The monoisotopic (exact) mass is 603 g/mol. The van der Waals surface area contributed by atoms with Crippen LogP contribution >= 0.6 is 12.4 Å². The molecular formula is C31H42ClN3O5S. The number of piperidine rings is 1. The lowest BCUT2D eigenvalue weighted by Gasteiger charge is -2.38. The van der Waals surface area contributed by atoms with Crippen LogP contribution in [0.25, 0.3) is 0 Å². The molecule has 0 aromatic heterocycles. The maximum Gasteiger partial charge on any atom is 0.229 e. The summed E-state index contributed by atoms with van der Waals surface area (Å²) in [5.74, 6) is 0.367. The number of hydrogen-bond donors (Lipinski definition) is 1. The van der Waals surface area contributed by atoms with Gasteiger partial charge >= 0.3 is 0 Å². The average molecular weight is 604 g/mol. The molecule has 0 aliphatic carbocycles. The number of rotatable bonds is 9. The number of hydrogen-bond acceptors (Lipinski definition) is 6. The van der Waals surface area contributed by atoms with Crippen LogP contribution in [-0.2, 0) is 30.7 Å². The van der Waals surface area contributed by atoms with Crippen LogP contribution in [0.4, 0.5) is 0 Å². The van der Waals surface area contributed by atoms with Gasteiger partial charge in [0.25, 0.3) is 0 Å². The lowest BCUT2D eigenvalue weighted by molar-refractivity contribution is -0.139. The quantitative estimate of drug-likeness (QED) is 0.465. The first-order chi connectivity index (χ1) is 19.2. The highest BCUT2D eigenvalue weighted by molar-refractivity contribution is 7.90. The summed E-state index contributed by atoms with van der Waals surface area (Å²) in [4.78, 5) is 31.2. The molecule has 8 nitrogen and oxygen atoms in total. The molecule has 3 heterocycles. The van der Waals surface area contributed by atoms with Crippen LogP contribution in [0.5, 0.6) is 0 Å². The van der Waals surface area contributed by atoms with E-state index in [1.54, 1.807) is 24.3 Å². The van der Waals surface area contributed by atoms with E-state index in [0.29, 0.717) is 24.7 Å². The number of likely N-dealkylation sites (tertiary alicyclic amines) is 2. The Kier molecular flexibility index (Phi) is 10.5. The van der Waals surface area contributed by atoms with Crippen LogP contribution in [0, 0.1) is 11.3 Å². The molecule has 1 spiro atoms. The van der Waals surface area contributed by atoms with Crippen molar-refractivity contribution < 1.29 is 22.7 Å². The van der Waals surface area contributed by atoms with Crippen LogP contribution in [0.15, 0.2) is 59.5 Å². The van der Waals surface area contributed by atoms with Crippen LogP contribution in [0.1, 0.15) is 55.7 Å². The van der Waals surface area contributed by atoms with Crippen LogP contribution in [-0.4, -0.2) is 75.7 Å². The second-order valence-corrected chi connectivity index (χ2v) is 13.7. The Labute approximate surface area is 250 Å². The van der Waals surface area contributed by atoms with Gasteiger partial charge < -0.3 is 19.9 Å². The normalized spacial score (nSPS) is 20.5. The van der Waals surface area contributed by atoms with Gasteiger partial charge in [-0.3, -0.25) is 9.59 Å². The van der Waals surface area contributed by atoms with Crippen molar-refractivity contribution in [2.75, 3.05) is 45.6 Å². The van der Waals surface area contributed by atoms with E-state index in [-0.39, 0.29) is 41.6 Å². The Bertz CT molecular complexity index is 1270. The highest BCUT2D eigenvalue weighted by Gasteiger charge is 2.47. The molecule has 0 saturated carbocycles. The van der Waals surface area contributed by atoms with Crippen LogP contribution in [0.3, 0.4) is 0 Å². The van der Waals surface area contributed by atoms with Gasteiger partial charge in [-0.15, -0.1) is 12.4 Å². The third-order valence-electron chi connectivity index (χ3n) is 8.98. The summed E-state index contributed by atoms with van der Waals surface area (Å²) < 4.78 is 28.9. The first kappa shape index (κ1) is 31.5. The number of nitrogens with zero attached hydrogens (tertiary/aromatic N) is 2. The van der Waals surface area contributed by atoms with Crippen molar-refractivity contribution in [3.63, 3.8) is 0 Å². The van der Waals surface area contributed by atoms with Gasteiger partial charge in [0.15, 0.2) is 9.84 Å². The van der Waals surface area contributed by atoms with Crippen molar-refractivity contribution in [1.29, 1.82) is 0 Å². The highest BCUT2D eigenvalue weighted by Crippen LogP contribution is 2.42. The van der Waals surface area contributed by atoms with Crippen molar-refractivity contribution in [2.24, 2.45) is 11.3 Å². The Morgan fingerprint density at radius 2 is 1.63 bits per heavy atom. The predicted molar refractivity (Wildman–Crippen MR) is 160 cm³/mol. The van der Waals surface area contributed by atoms with Gasteiger partial charge in [-0.25, -0.2) is 8.42 Å². The van der Waals surface area contributed by atoms with Gasteiger partial charge in [-0.1, -0.05) is 42.5 Å². The van der Waals surface area contributed by atoms with Crippen molar-refractivity contribution >= 4 is 34.1 Å². The van der Waals surface area contributed by atoms with E-state index >= 15 is 0 Å². The Morgan fingerprint density at radius 1 is 1.00 bits per heavy atom. The number of amides is 2. The average Bonchev–Trinajstić information content (AvgIpc) is 3.26. The topological polar surface area (TPSA) is 96.0 Å². The molecule has 41 heavy (non-hydrogen) atoms. The summed E-state index contributed by atoms with van der Waals surface area (Å²) in [6.07, 6.45) is 6.15. The third kappa shape index (κ3) is 7.69. The number of nitrogens with one attached hydrogen (secondary N) is 1. The maximum atomic E-state index is 13.5. The lowest BCUT2D eigenvalue weighted by atomic mass is 9.77. The molecule has 5 rings (SSSR count). The van der Waals surface area contributed by atoms with Crippen molar-refractivity contribution in [1.82, 2.24) is 15.1 Å². The Balaban J connectivity index is 0.00000387. The SMILES string of the molecule is CS(=O)(=O)c1ccc(CN2CCC3(CCN(CC[C@H](NC(=O)C4CCOCC4)c4ccccc4)CC3)C2=O)cc1.Cl. The number of halogens is 1. The van der Waals surface area contributed by atoms with E-state index in [1.165, 1.54) is 6.26 Å². The Hall–Kier alpha value is -2.46. The first-order valence-corrected chi connectivity index (χ1v) is 16.4. The van der Waals surface area contributed by atoms with E-state index in [9.17, 15) is 18.0 Å². The molecule has 3 aliphatic rings. The zero-order chi connectivity index (χ0) is 28.2. The molecule has 2 aromatic carbocycles. The van der Waals surface area contributed by atoms with Gasteiger partial charge in [-0.2, -0.15) is 0 Å². The van der Waals surface area contributed by atoms with Gasteiger partial charge in [-0.05, 0) is 74.9 Å². The molecule has 2 amide bonds. The van der Waals surface area contributed by atoms with Gasteiger partial charge in [0.05, 0.1) is 16.4 Å². The molecule has 3 aliphatic heterocycles. The van der Waals surface area contributed by atoms with Crippen molar-refractivity contribution in [3.05, 3.63) is 65.7 Å². The molecular weight excluding hydrogens is 562 g/mol. The van der Waals surface area contributed by atoms with E-state index in [2.05, 4.69) is 22.3 Å². The molecule has 224 valence electrons.